The third kappa shape index (κ3) is 16.7. The summed E-state index contributed by atoms with van der Waals surface area (Å²) in [4.78, 5) is 105. The Morgan fingerprint density at radius 2 is 0.721 bits per heavy atom. The van der Waals surface area contributed by atoms with Gasteiger partial charge in [0.15, 0.2) is 42.6 Å². The van der Waals surface area contributed by atoms with Gasteiger partial charge in [0.2, 0.25) is 0 Å². The molecule has 12 saturated carbocycles. The molecule has 24 heteroatoms. The van der Waals surface area contributed by atoms with Crippen LogP contribution in [0.4, 0.5) is 17.6 Å². The highest BCUT2D eigenvalue weighted by atomic mass is 32.2. The highest BCUT2D eigenvalue weighted by Crippen LogP contribution is 2.63. The molecule has 14 fully saturated rings. The molecule has 14 aliphatic rings. The Morgan fingerprint density at radius 1 is 0.432 bits per heavy atom. The standard InChI is InChI=1S/C25H30F2O8.C22H28O7.2C18H15S.C4H6F2O2.B/c1-24(12-4-10-3-11(6-12)7-13(24)5-10)35-16(28)9-32-21(29)17-14-8-15-18(17)22(30)33-19(15)20(14)34-23(31)25(2,26)27;1-22(11-3-9-2-10(5-11)6-12(22)4-9)29-15(23)8-27-20(25)16-13-7-14-17(16)21(26)28-19(14)18(13)24;2*1-4-10-16(11-5-1)19(17-12-6-2-7-13-17)18-14-8-3-9-15-18;1-4(5,6)3(7)8-2;/h10-15,17-20H,3-9H2,1-2H3;9-14,16-19,24H,2-8H2,1H3;2*1-15H;1-2H3;/q;;2*+1;;. The second kappa shape index (κ2) is 33.3. The van der Waals surface area contributed by atoms with E-state index in [0.29, 0.717) is 62.2 Å². The number of rotatable bonds is 17. The van der Waals surface area contributed by atoms with Gasteiger partial charge < -0.3 is 43.0 Å². The first-order valence-electron chi connectivity index (χ1n) is 38.4. The fourth-order valence-corrected chi connectivity index (χ4v) is 25.2. The Labute approximate surface area is 651 Å². The summed E-state index contributed by atoms with van der Waals surface area (Å²) in [5, 5.41) is 10.3. The molecule has 111 heavy (non-hydrogen) atoms. The first kappa shape index (κ1) is 80.6. The van der Waals surface area contributed by atoms with Crippen LogP contribution in [0.15, 0.2) is 211 Å². The maximum Gasteiger partial charge on any atom is 0.377 e. The maximum atomic E-state index is 13.4. The zero-order chi connectivity index (χ0) is 77.6. The van der Waals surface area contributed by atoms with Gasteiger partial charge in [-0.3, -0.25) is 19.2 Å². The quantitative estimate of drug-likeness (QED) is 0.0294. The molecule has 12 bridgehead atoms. The zero-order valence-electron chi connectivity index (χ0n) is 62.7. The number of carbonyl (C=O) groups excluding carboxylic acids is 8. The van der Waals surface area contributed by atoms with Crippen LogP contribution in [0.5, 0.6) is 0 Å². The van der Waals surface area contributed by atoms with Gasteiger partial charge in [-0.2, -0.15) is 17.6 Å². The molecule has 17 nitrogen and oxygen atoms in total. The monoisotopic (exact) mass is 1560 g/mol. The number of hydrogen-bond acceptors (Lipinski definition) is 17. The summed E-state index contributed by atoms with van der Waals surface area (Å²) in [5.41, 5.74) is -1.02. The Bertz CT molecular complexity index is 3930. The molecule has 2 aliphatic heterocycles. The van der Waals surface area contributed by atoms with Gasteiger partial charge in [-0.1, -0.05) is 109 Å². The molecule has 12 atom stereocenters. The van der Waals surface area contributed by atoms with E-state index < -0.39 is 144 Å². The van der Waals surface area contributed by atoms with Crippen LogP contribution in [0.25, 0.3) is 0 Å². The maximum absolute atomic E-state index is 13.4. The van der Waals surface area contributed by atoms with E-state index in [1.165, 1.54) is 42.2 Å². The summed E-state index contributed by atoms with van der Waals surface area (Å²) in [7, 11) is 0.887. The van der Waals surface area contributed by atoms with Crippen molar-refractivity contribution in [3.8, 4) is 0 Å². The van der Waals surface area contributed by atoms with E-state index in [0.717, 1.165) is 70.3 Å². The summed E-state index contributed by atoms with van der Waals surface area (Å²) in [6, 6.07) is 64.3. The third-order valence-corrected chi connectivity index (χ3v) is 30.0. The summed E-state index contributed by atoms with van der Waals surface area (Å²) in [5.74, 6) is -14.0. The van der Waals surface area contributed by atoms with Crippen molar-refractivity contribution in [3.63, 3.8) is 0 Å². The fraction of sp³-hybridized carbons (Fsp3) is 0.494. The highest BCUT2D eigenvalue weighted by molar-refractivity contribution is 7.97. The zero-order valence-corrected chi connectivity index (χ0v) is 64.3. The van der Waals surface area contributed by atoms with E-state index in [9.17, 15) is 61.0 Å². The summed E-state index contributed by atoms with van der Waals surface area (Å²) < 4.78 is 91.8. The van der Waals surface area contributed by atoms with Crippen molar-refractivity contribution in [3.05, 3.63) is 182 Å². The van der Waals surface area contributed by atoms with Crippen molar-refractivity contribution >= 4 is 78.0 Å². The van der Waals surface area contributed by atoms with Crippen molar-refractivity contribution in [1.29, 1.82) is 0 Å². The minimum Gasteiger partial charge on any atom is -0.465 e. The smallest absolute Gasteiger partial charge is 0.377 e. The Kier molecular flexibility index (Phi) is 24.2. The van der Waals surface area contributed by atoms with E-state index in [1.807, 2.05) is 6.92 Å². The lowest BCUT2D eigenvalue weighted by atomic mass is 9.50. The lowest BCUT2D eigenvalue weighted by Gasteiger charge is -2.59. The van der Waals surface area contributed by atoms with Crippen molar-refractivity contribution in [2.24, 2.45) is 94.7 Å². The second-order valence-corrected chi connectivity index (χ2v) is 36.3. The molecule has 6 aromatic carbocycles. The van der Waals surface area contributed by atoms with Gasteiger partial charge in [-0.25, -0.2) is 19.2 Å². The highest BCUT2D eigenvalue weighted by Gasteiger charge is 2.72. The lowest BCUT2D eigenvalue weighted by molar-refractivity contribution is -0.208. The number of aliphatic hydroxyl groups is 1. The van der Waals surface area contributed by atoms with Gasteiger partial charge in [0, 0.05) is 45.9 Å². The van der Waals surface area contributed by atoms with Gasteiger partial charge in [0.25, 0.3) is 0 Å². The molecule has 0 aromatic heterocycles. The van der Waals surface area contributed by atoms with Gasteiger partial charge >= 0.3 is 59.6 Å². The van der Waals surface area contributed by atoms with Crippen LogP contribution in [0.1, 0.15) is 105 Å². The molecule has 6 aromatic rings. The Morgan fingerprint density at radius 3 is 1.02 bits per heavy atom. The molecule has 2 saturated heterocycles. The van der Waals surface area contributed by atoms with E-state index >= 15 is 0 Å². The van der Waals surface area contributed by atoms with Gasteiger partial charge in [-0.05, 0) is 211 Å². The van der Waals surface area contributed by atoms with Gasteiger partial charge in [-0.15, -0.1) is 0 Å². The minimum atomic E-state index is -3.71. The Hall–Kier alpha value is -8.48. The topological polar surface area (TPSA) is 231 Å². The number of ether oxygens (including phenoxy) is 8. The summed E-state index contributed by atoms with van der Waals surface area (Å²) in [6.07, 6.45) is 8.99. The van der Waals surface area contributed by atoms with Crippen molar-refractivity contribution < 1.29 is 98.9 Å². The summed E-state index contributed by atoms with van der Waals surface area (Å²) in [6.45, 7) is 3.94. The molecule has 1 N–H and O–H groups in total. The number of carbonyl (C=O) groups is 8. The molecular weight excluding hydrogens is 1470 g/mol. The van der Waals surface area contributed by atoms with Crippen molar-refractivity contribution in [2.45, 2.75) is 182 Å². The number of esters is 8. The molecule has 2 heterocycles. The predicted octanol–water partition coefficient (Wildman–Crippen LogP) is 14.1. The number of hydrogen-bond donors (Lipinski definition) is 1. The van der Waals surface area contributed by atoms with E-state index in [1.54, 1.807) is 0 Å². The number of halogens is 4. The Balaban J connectivity index is 0.000000129. The number of benzene rings is 6. The van der Waals surface area contributed by atoms with E-state index in [-0.39, 0.29) is 42.0 Å². The van der Waals surface area contributed by atoms with Crippen LogP contribution in [-0.2, 0) is 98.0 Å². The molecule has 3 radical (unpaired) electrons. The van der Waals surface area contributed by atoms with Gasteiger partial charge in [0.1, 0.15) is 29.5 Å². The third-order valence-electron chi connectivity index (χ3n) is 25.5. The number of methoxy groups -OCH3 is 1. The van der Waals surface area contributed by atoms with Crippen LogP contribution < -0.4 is 0 Å². The van der Waals surface area contributed by atoms with E-state index in [4.69, 9.17) is 33.2 Å². The molecule has 20 rings (SSSR count). The number of alkyl halides is 4. The molecule has 0 spiro atoms. The number of aliphatic hydroxyl groups excluding tert-OH is 1. The van der Waals surface area contributed by atoms with Crippen LogP contribution in [0.2, 0.25) is 0 Å². The van der Waals surface area contributed by atoms with E-state index in [2.05, 4.69) is 194 Å². The molecular formula is C87H94BF4O17S2+2. The van der Waals surface area contributed by atoms with Crippen molar-refractivity contribution in [1.82, 2.24) is 0 Å². The molecule has 585 valence electrons. The summed E-state index contributed by atoms with van der Waals surface area (Å²) >= 11 is 0. The molecule has 0 amide bonds. The first-order valence-corrected chi connectivity index (χ1v) is 40.8. The SMILES string of the molecule is CC(F)(F)C(=O)OC1C2CC3C1OC(=O)C3C2C(=O)OCC(=O)OC1(C)C2CC3CC(C2)CC1C3.CC1(OC(=O)COC(=O)C2C3CC4C(OC(=O)C42)C3O)C2CC3CC(C2)CC1C3.COC(=O)C(C)(F)F.[B].c1ccc([S+](c2ccccc2)c2ccccc2)cc1.c1ccc([S+](c2ccccc2)c2ccccc2)cc1. The minimum absolute atomic E-state index is 0. The van der Waals surface area contributed by atoms with Crippen LogP contribution >= 0.6 is 0 Å². The molecule has 12 unspecified atom stereocenters. The van der Waals surface area contributed by atoms with Crippen molar-refractivity contribution in [2.75, 3.05) is 20.3 Å². The van der Waals surface area contributed by atoms with Crippen LogP contribution in [0.3, 0.4) is 0 Å². The average Bonchev–Trinajstić information content (AvgIpc) is 1.70. The van der Waals surface area contributed by atoms with Gasteiger partial charge in [0.05, 0.1) is 58.7 Å². The lowest BCUT2D eigenvalue weighted by Crippen LogP contribution is -2.58. The molecule has 12 aliphatic carbocycles. The predicted molar refractivity (Wildman–Crippen MR) is 400 cm³/mol. The fourth-order valence-electron chi connectivity index (χ4n) is 20.9. The van der Waals surface area contributed by atoms with Crippen LogP contribution in [0, 0.1) is 94.7 Å². The first-order chi connectivity index (χ1) is 52.7. The number of fused-ring (bicyclic) bond motifs is 2. The second-order valence-electron chi connectivity index (χ2n) is 32.3. The van der Waals surface area contributed by atoms with Crippen LogP contribution in [-0.4, -0.2) is 129 Å². The average molecular weight is 1560 g/mol. The normalized spacial score (nSPS) is 33.0. The largest absolute Gasteiger partial charge is 0.465 e.